The summed E-state index contributed by atoms with van der Waals surface area (Å²) in [6.07, 6.45) is 1.61. The molecule has 0 fully saturated rings. The molecule has 0 unspecified atom stereocenters. The maximum atomic E-state index is 10.0. The van der Waals surface area contributed by atoms with Gasteiger partial charge in [0, 0.05) is 11.0 Å². The van der Waals surface area contributed by atoms with Crippen LogP contribution in [0.1, 0.15) is 11.1 Å². The second kappa shape index (κ2) is 5.02. The van der Waals surface area contributed by atoms with Crippen LogP contribution in [0.5, 0.6) is 0 Å². The summed E-state index contributed by atoms with van der Waals surface area (Å²) in [6, 6.07) is 6.10. The normalized spacial score (nSPS) is 9.69. The summed E-state index contributed by atoms with van der Waals surface area (Å²) < 4.78 is 1.12. The molecule has 0 aliphatic carbocycles. The van der Waals surface area contributed by atoms with Gasteiger partial charge in [0.05, 0.1) is 0 Å². The Hall–Kier alpha value is -0.830. The van der Waals surface area contributed by atoms with Gasteiger partial charge in [-0.3, -0.25) is 4.79 Å². The lowest BCUT2D eigenvalue weighted by atomic mass is 10.1. The van der Waals surface area contributed by atoms with E-state index in [1.165, 1.54) is 11.1 Å². The first-order chi connectivity index (χ1) is 6.25. The van der Waals surface area contributed by atoms with Crippen LogP contribution in [-0.4, -0.2) is 13.0 Å². The molecule has 3 heteroatoms. The lowest BCUT2D eigenvalue weighted by molar-refractivity contribution is -0.109. The van der Waals surface area contributed by atoms with Crippen molar-refractivity contribution in [1.29, 1.82) is 0 Å². The number of hydrogen-bond donors (Lipinski definition) is 1. The van der Waals surface area contributed by atoms with E-state index in [9.17, 15) is 4.79 Å². The highest BCUT2D eigenvalue weighted by molar-refractivity contribution is 9.10. The van der Waals surface area contributed by atoms with Crippen LogP contribution in [0.3, 0.4) is 0 Å². The van der Waals surface area contributed by atoms with Crippen LogP contribution < -0.4 is 5.32 Å². The highest BCUT2D eigenvalue weighted by atomic mass is 79.9. The van der Waals surface area contributed by atoms with Crippen molar-refractivity contribution in [3.63, 3.8) is 0 Å². The second-order valence-corrected chi connectivity index (χ2v) is 3.70. The minimum atomic E-state index is 0.695. The monoisotopic (exact) mass is 241 g/mol. The Morgan fingerprint density at radius 1 is 1.54 bits per heavy atom. The van der Waals surface area contributed by atoms with E-state index in [2.05, 4.69) is 34.2 Å². The molecule has 2 nitrogen and oxygen atoms in total. The molecule has 0 spiro atoms. The van der Waals surface area contributed by atoms with Crippen LogP contribution in [0.25, 0.3) is 0 Å². The molecule has 1 amide bonds. The molecule has 1 aromatic carbocycles. The number of halogens is 1. The third kappa shape index (κ3) is 2.84. The van der Waals surface area contributed by atoms with Gasteiger partial charge >= 0.3 is 0 Å². The van der Waals surface area contributed by atoms with Gasteiger partial charge in [-0.15, -0.1) is 0 Å². The van der Waals surface area contributed by atoms with Crippen LogP contribution in [0.4, 0.5) is 0 Å². The fourth-order valence-corrected chi connectivity index (χ4v) is 1.60. The summed E-state index contributed by atoms with van der Waals surface area (Å²) >= 11 is 3.47. The summed E-state index contributed by atoms with van der Waals surface area (Å²) in [6.45, 7) is 2.76. The quantitative estimate of drug-likeness (QED) is 0.635. The van der Waals surface area contributed by atoms with Crippen molar-refractivity contribution in [2.75, 3.05) is 6.54 Å². The standard InChI is InChI=1S/C10H12BrNO/c1-8-9(5-6-12-7-13)3-2-4-10(8)11/h2-4,7H,5-6H2,1H3,(H,12,13). The molecule has 1 aromatic rings. The SMILES string of the molecule is Cc1c(Br)cccc1CCNC=O. The lowest BCUT2D eigenvalue weighted by Crippen LogP contribution is -2.14. The third-order valence-electron chi connectivity index (χ3n) is 2.00. The van der Waals surface area contributed by atoms with Gasteiger partial charge in [0.2, 0.25) is 6.41 Å². The maximum Gasteiger partial charge on any atom is 0.207 e. The Kier molecular flexibility index (Phi) is 3.96. The van der Waals surface area contributed by atoms with E-state index in [4.69, 9.17) is 0 Å². The predicted molar refractivity (Wildman–Crippen MR) is 56.6 cm³/mol. The zero-order chi connectivity index (χ0) is 9.68. The second-order valence-electron chi connectivity index (χ2n) is 2.85. The fourth-order valence-electron chi connectivity index (χ4n) is 1.19. The van der Waals surface area contributed by atoms with Crippen LogP contribution in [0.15, 0.2) is 22.7 Å². The molecule has 70 valence electrons. The molecule has 0 aromatic heterocycles. The Bertz CT molecular complexity index is 299. The maximum absolute atomic E-state index is 10.0. The van der Waals surface area contributed by atoms with E-state index in [1.807, 2.05) is 12.1 Å². The van der Waals surface area contributed by atoms with Crippen LogP contribution in [-0.2, 0) is 11.2 Å². The highest BCUT2D eigenvalue weighted by Crippen LogP contribution is 2.19. The minimum Gasteiger partial charge on any atom is -0.358 e. The molecule has 0 atom stereocenters. The topological polar surface area (TPSA) is 29.1 Å². The van der Waals surface area contributed by atoms with E-state index in [0.29, 0.717) is 6.54 Å². The van der Waals surface area contributed by atoms with Gasteiger partial charge in [0.15, 0.2) is 0 Å². The number of benzene rings is 1. The zero-order valence-corrected chi connectivity index (χ0v) is 9.10. The first-order valence-electron chi connectivity index (χ1n) is 4.16. The van der Waals surface area contributed by atoms with E-state index in [-0.39, 0.29) is 0 Å². The third-order valence-corrected chi connectivity index (χ3v) is 2.86. The number of hydrogen-bond acceptors (Lipinski definition) is 1. The van der Waals surface area contributed by atoms with Gasteiger partial charge in [-0.25, -0.2) is 0 Å². The fraction of sp³-hybridized carbons (Fsp3) is 0.300. The van der Waals surface area contributed by atoms with Crippen LogP contribution >= 0.6 is 15.9 Å². The van der Waals surface area contributed by atoms with Crippen molar-refractivity contribution in [1.82, 2.24) is 5.32 Å². The molecule has 1 N–H and O–H groups in total. The number of carbonyl (C=O) groups excluding carboxylic acids is 1. The minimum absolute atomic E-state index is 0.695. The Morgan fingerprint density at radius 2 is 2.31 bits per heavy atom. The van der Waals surface area contributed by atoms with Gasteiger partial charge in [0.25, 0.3) is 0 Å². The summed E-state index contributed by atoms with van der Waals surface area (Å²) in [5.74, 6) is 0. The zero-order valence-electron chi connectivity index (χ0n) is 7.51. The number of rotatable bonds is 4. The highest BCUT2D eigenvalue weighted by Gasteiger charge is 2.00. The molecule has 0 aliphatic heterocycles. The number of carbonyl (C=O) groups is 1. The predicted octanol–water partition coefficient (Wildman–Crippen LogP) is 2.05. The number of amides is 1. The van der Waals surface area contributed by atoms with Crippen molar-refractivity contribution in [3.8, 4) is 0 Å². The average molecular weight is 242 g/mol. The Labute approximate surface area is 86.5 Å². The molecule has 13 heavy (non-hydrogen) atoms. The van der Waals surface area contributed by atoms with Gasteiger partial charge in [-0.2, -0.15) is 0 Å². The summed E-state index contributed by atoms with van der Waals surface area (Å²) in [5, 5.41) is 2.65. The van der Waals surface area contributed by atoms with Crippen LogP contribution in [0, 0.1) is 6.92 Å². The molecular weight excluding hydrogens is 230 g/mol. The molecule has 0 saturated carbocycles. The van der Waals surface area contributed by atoms with Crippen molar-refractivity contribution in [3.05, 3.63) is 33.8 Å². The molecule has 0 heterocycles. The molecule has 1 rings (SSSR count). The van der Waals surface area contributed by atoms with Crippen molar-refractivity contribution < 1.29 is 4.79 Å². The molecule has 0 aliphatic rings. The summed E-state index contributed by atoms with van der Waals surface area (Å²) in [7, 11) is 0. The van der Waals surface area contributed by atoms with E-state index in [0.717, 1.165) is 17.3 Å². The average Bonchev–Trinajstić information content (AvgIpc) is 2.13. The Balaban J connectivity index is 2.65. The van der Waals surface area contributed by atoms with Gasteiger partial charge in [-0.05, 0) is 30.5 Å². The lowest BCUT2D eigenvalue weighted by Gasteiger charge is -2.06. The van der Waals surface area contributed by atoms with Gasteiger partial charge in [-0.1, -0.05) is 28.1 Å². The first-order valence-corrected chi connectivity index (χ1v) is 4.96. The molecule has 0 bridgehead atoms. The van der Waals surface area contributed by atoms with Crippen molar-refractivity contribution in [2.24, 2.45) is 0 Å². The smallest absolute Gasteiger partial charge is 0.207 e. The largest absolute Gasteiger partial charge is 0.358 e. The number of nitrogens with one attached hydrogen (secondary N) is 1. The van der Waals surface area contributed by atoms with E-state index >= 15 is 0 Å². The van der Waals surface area contributed by atoms with Crippen molar-refractivity contribution in [2.45, 2.75) is 13.3 Å². The first kappa shape index (κ1) is 10.3. The van der Waals surface area contributed by atoms with Gasteiger partial charge in [0.1, 0.15) is 0 Å². The molecular formula is C10H12BrNO. The molecule has 0 saturated heterocycles. The van der Waals surface area contributed by atoms with E-state index < -0.39 is 0 Å². The summed E-state index contributed by atoms with van der Waals surface area (Å²) in [4.78, 5) is 10.0. The van der Waals surface area contributed by atoms with Crippen molar-refractivity contribution >= 4 is 22.3 Å². The summed E-state index contributed by atoms with van der Waals surface area (Å²) in [5.41, 5.74) is 2.51. The van der Waals surface area contributed by atoms with Crippen LogP contribution in [0.2, 0.25) is 0 Å². The Morgan fingerprint density at radius 3 is 3.00 bits per heavy atom. The van der Waals surface area contributed by atoms with E-state index in [1.54, 1.807) is 0 Å². The molecule has 0 radical (unpaired) electrons. The van der Waals surface area contributed by atoms with Gasteiger partial charge < -0.3 is 5.32 Å².